The zero-order chi connectivity index (χ0) is 10.6. The molecule has 1 amide bonds. The molecular formula is C9H13N3O2. The molecule has 0 aliphatic rings. The number of carbonyl (C=O) groups is 1. The van der Waals surface area contributed by atoms with Crippen molar-refractivity contribution in [2.75, 3.05) is 12.4 Å². The molecule has 0 saturated carbocycles. The number of aromatic nitrogens is 2. The molecule has 14 heavy (non-hydrogen) atoms. The predicted molar refractivity (Wildman–Crippen MR) is 52.2 cm³/mol. The summed E-state index contributed by atoms with van der Waals surface area (Å²) in [5.74, 6) is -0.0538. The lowest BCUT2D eigenvalue weighted by Gasteiger charge is -2.06. The van der Waals surface area contributed by atoms with Gasteiger partial charge in [-0.05, 0) is 6.92 Å². The first-order valence-corrected chi connectivity index (χ1v) is 4.34. The first kappa shape index (κ1) is 10.4. The van der Waals surface area contributed by atoms with Crippen LogP contribution in [0.4, 0.5) is 5.69 Å². The van der Waals surface area contributed by atoms with Crippen molar-refractivity contribution in [1.82, 2.24) is 9.97 Å². The first-order chi connectivity index (χ1) is 6.67. The van der Waals surface area contributed by atoms with Gasteiger partial charge in [0.25, 0.3) is 0 Å². The fourth-order valence-electron chi connectivity index (χ4n) is 0.905. The molecule has 1 aromatic heterocycles. The maximum atomic E-state index is 11.1. The van der Waals surface area contributed by atoms with E-state index in [1.54, 1.807) is 13.8 Å². The number of carbonyl (C=O) groups excluding carboxylic acids is 1. The maximum absolute atomic E-state index is 11.1. The lowest BCUT2D eigenvalue weighted by atomic mass is 10.3. The van der Waals surface area contributed by atoms with Gasteiger partial charge in [-0.15, -0.1) is 0 Å². The number of hydrogen-bond donors (Lipinski definition) is 1. The van der Waals surface area contributed by atoms with Crippen LogP contribution in [0, 0.1) is 6.92 Å². The Bertz CT molecular complexity index is 339. The van der Waals surface area contributed by atoms with Gasteiger partial charge in [0.2, 0.25) is 5.91 Å². The molecule has 0 unspecified atom stereocenters. The van der Waals surface area contributed by atoms with Crippen molar-refractivity contribution < 1.29 is 9.53 Å². The summed E-state index contributed by atoms with van der Waals surface area (Å²) >= 11 is 0. The summed E-state index contributed by atoms with van der Waals surface area (Å²) in [6.07, 6.45) is 1.97. The summed E-state index contributed by atoms with van der Waals surface area (Å²) in [5, 5.41) is 2.69. The molecule has 1 N–H and O–H groups in total. The van der Waals surface area contributed by atoms with E-state index >= 15 is 0 Å². The molecule has 5 heteroatoms. The van der Waals surface area contributed by atoms with Gasteiger partial charge in [-0.2, -0.15) is 4.98 Å². The quantitative estimate of drug-likeness (QED) is 0.785. The third-order valence-corrected chi connectivity index (χ3v) is 1.74. The predicted octanol–water partition coefficient (Wildman–Crippen LogP) is 1.14. The average molecular weight is 195 g/mol. The number of ether oxygens (including phenoxy) is 1. The number of aryl methyl sites for hydroxylation is 1. The molecule has 1 rings (SSSR count). The summed E-state index contributed by atoms with van der Waals surface area (Å²) in [5.41, 5.74) is 1.32. The van der Waals surface area contributed by atoms with Crippen LogP contribution in [0.5, 0.6) is 6.01 Å². The summed E-state index contributed by atoms with van der Waals surface area (Å²) < 4.78 is 4.85. The molecule has 0 spiro atoms. The lowest BCUT2D eigenvalue weighted by molar-refractivity contribution is -0.115. The third-order valence-electron chi connectivity index (χ3n) is 1.74. The Morgan fingerprint density at radius 2 is 2.36 bits per heavy atom. The topological polar surface area (TPSA) is 64.1 Å². The van der Waals surface area contributed by atoms with Gasteiger partial charge in [-0.1, -0.05) is 6.92 Å². The van der Waals surface area contributed by atoms with Gasteiger partial charge in [0.05, 0.1) is 24.7 Å². The van der Waals surface area contributed by atoms with Crippen molar-refractivity contribution in [3.63, 3.8) is 0 Å². The van der Waals surface area contributed by atoms with E-state index in [0.29, 0.717) is 23.8 Å². The number of rotatable bonds is 3. The Kier molecular flexibility index (Phi) is 3.39. The Morgan fingerprint density at radius 1 is 1.64 bits per heavy atom. The first-order valence-electron chi connectivity index (χ1n) is 4.34. The molecule has 0 aliphatic carbocycles. The van der Waals surface area contributed by atoms with Crippen molar-refractivity contribution in [2.24, 2.45) is 0 Å². The van der Waals surface area contributed by atoms with Crippen LogP contribution in [0.1, 0.15) is 19.0 Å². The minimum Gasteiger partial charge on any atom is -0.467 e. The second-order valence-corrected chi connectivity index (χ2v) is 2.76. The van der Waals surface area contributed by atoms with Crippen molar-refractivity contribution >= 4 is 11.6 Å². The average Bonchev–Trinajstić information content (AvgIpc) is 2.20. The van der Waals surface area contributed by atoms with Crippen LogP contribution in [0.2, 0.25) is 0 Å². The Morgan fingerprint density at radius 3 is 2.86 bits per heavy atom. The second kappa shape index (κ2) is 4.55. The molecule has 0 aromatic carbocycles. The number of anilines is 1. The Hall–Kier alpha value is -1.65. The van der Waals surface area contributed by atoms with Gasteiger partial charge >= 0.3 is 6.01 Å². The van der Waals surface area contributed by atoms with E-state index in [9.17, 15) is 4.79 Å². The van der Waals surface area contributed by atoms with E-state index < -0.39 is 0 Å². The summed E-state index contributed by atoms with van der Waals surface area (Å²) in [6.45, 7) is 3.57. The minimum absolute atomic E-state index is 0.0538. The smallest absolute Gasteiger partial charge is 0.316 e. The SMILES string of the molecule is CCC(=O)Nc1cnc(OC)nc1C. The number of amides is 1. The molecule has 0 atom stereocenters. The van der Waals surface area contributed by atoms with Gasteiger partial charge in [-0.25, -0.2) is 4.98 Å². The molecule has 0 bridgehead atoms. The second-order valence-electron chi connectivity index (χ2n) is 2.76. The molecule has 5 nitrogen and oxygen atoms in total. The van der Waals surface area contributed by atoms with Gasteiger partial charge in [-0.3, -0.25) is 4.79 Å². The van der Waals surface area contributed by atoms with Crippen LogP contribution < -0.4 is 10.1 Å². The van der Waals surface area contributed by atoms with Crippen molar-refractivity contribution in [2.45, 2.75) is 20.3 Å². The highest BCUT2D eigenvalue weighted by Crippen LogP contribution is 2.13. The van der Waals surface area contributed by atoms with Gasteiger partial charge < -0.3 is 10.1 Å². The van der Waals surface area contributed by atoms with E-state index in [4.69, 9.17) is 4.74 Å². The molecule has 0 saturated heterocycles. The molecule has 0 aliphatic heterocycles. The Labute approximate surface area is 82.5 Å². The highest BCUT2D eigenvalue weighted by Gasteiger charge is 2.05. The van der Waals surface area contributed by atoms with Crippen LogP contribution in [0.15, 0.2) is 6.20 Å². The van der Waals surface area contributed by atoms with Crippen molar-refractivity contribution in [3.8, 4) is 6.01 Å². The fraction of sp³-hybridized carbons (Fsp3) is 0.444. The van der Waals surface area contributed by atoms with Crippen LogP contribution >= 0.6 is 0 Å². The monoisotopic (exact) mass is 195 g/mol. The lowest BCUT2D eigenvalue weighted by Crippen LogP contribution is -2.11. The van der Waals surface area contributed by atoms with E-state index in [-0.39, 0.29) is 5.91 Å². The van der Waals surface area contributed by atoms with E-state index in [2.05, 4.69) is 15.3 Å². The minimum atomic E-state index is -0.0538. The number of nitrogens with zero attached hydrogens (tertiary/aromatic N) is 2. The molecular weight excluding hydrogens is 182 g/mol. The van der Waals surface area contributed by atoms with Crippen LogP contribution in [-0.4, -0.2) is 23.0 Å². The highest BCUT2D eigenvalue weighted by atomic mass is 16.5. The van der Waals surface area contributed by atoms with E-state index in [1.165, 1.54) is 13.3 Å². The van der Waals surface area contributed by atoms with E-state index in [1.807, 2.05) is 0 Å². The van der Waals surface area contributed by atoms with E-state index in [0.717, 1.165) is 0 Å². The molecule has 76 valence electrons. The number of hydrogen-bond acceptors (Lipinski definition) is 4. The highest BCUT2D eigenvalue weighted by molar-refractivity contribution is 5.90. The molecule has 1 heterocycles. The summed E-state index contributed by atoms with van der Waals surface area (Å²) in [6, 6.07) is 0.303. The van der Waals surface area contributed by atoms with Gasteiger partial charge in [0, 0.05) is 6.42 Å². The summed E-state index contributed by atoms with van der Waals surface area (Å²) in [4.78, 5) is 19.0. The van der Waals surface area contributed by atoms with Crippen LogP contribution in [0.3, 0.4) is 0 Å². The van der Waals surface area contributed by atoms with Crippen LogP contribution in [-0.2, 0) is 4.79 Å². The summed E-state index contributed by atoms with van der Waals surface area (Å²) in [7, 11) is 1.50. The molecule has 0 fully saturated rings. The largest absolute Gasteiger partial charge is 0.467 e. The van der Waals surface area contributed by atoms with Gasteiger partial charge in [0.15, 0.2) is 0 Å². The zero-order valence-electron chi connectivity index (χ0n) is 8.50. The maximum Gasteiger partial charge on any atom is 0.316 e. The Balaban J connectivity index is 2.83. The third kappa shape index (κ3) is 2.42. The van der Waals surface area contributed by atoms with Crippen molar-refractivity contribution in [1.29, 1.82) is 0 Å². The molecule has 0 radical (unpaired) electrons. The normalized spacial score (nSPS) is 9.64. The number of methoxy groups -OCH3 is 1. The zero-order valence-corrected chi connectivity index (χ0v) is 8.50. The van der Waals surface area contributed by atoms with Crippen molar-refractivity contribution in [3.05, 3.63) is 11.9 Å². The van der Waals surface area contributed by atoms with Crippen LogP contribution in [0.25, 0.3) is 0 Å². The molecule has 1 aromatic rings. The fourth-order valence-corrected chi connectivity index (χ4v) is 0.905. The standard InChI is InChI=1S/C9H13N3O2/c1-4-8(13)12-7-5-10-9(14-3)11-6(7)2/h5H,4H2,1-3H3,(H,12,13). The number of nitrogens with one attached hydrogen (secondary N) is 1. The van der Waals surface area contributed by atoms with Gasteiger partial charge in [0.1, 0.15) is 0 Å².